The second kappa shape index (κ2) is 5.46. The normalized spacial score (nSPS) is 28.6. The van der Waals surface area contributed by atoms with Gasteiger partial charge in [-0.2, -0.15) is 0 Å². The number of ether oxygens (including phenoxy) is 1. The predicted octanol–water partition coefficient (Wildman–Crippen LogP) is 1.07. The summed E-state index contributed by atoms with van der Waals surface area (Å²) < 4.78 is 5.75. The van der Waals surface area contributed by atoms with Gasteiger partial charge >= 0.3 is 0 Å². The molecule has 1 fully saturated rings. The number of carbonyl (C=O) groups excluding carboxylic acids is 1. The smallest absolute Gasteiger partial charge is 0.127 e. The van der Waals surface area contributed by atoms with Gasteiger partial charge in [-0.1, -0.05) is 13.8 Å². The van der Waals surface area contributed by atoms with Gasteiger partial charge in [-0.25, -0.2) is 0 Å². The Morgan fingerprint density at radius 1 is 1.59 bits per heavy atom. The Morgan fingerprint density at radius 2 is 2.24 bits per heavy atom. The van der Waals surface area contributed by atoms with Crippen LogP contribution in [-0.2, 0) is 9.53 Å². The lowest BCUT2D eigenvalue weighted by molar-refractivity contribution is -0.155. The highest BCUT2D eigenvalue weighted by Gasteiger charge is 2.36. The van der Waals surface area contributed by atoms with E-state index in [0.717, 1.165) is 25.8 Å². The lowest BCUT2D eigenvalue weighted by atomic mass is 9.88. The van der Waals surface area contributed by atoms with Crippen LogP contribution in [-0.4, -0.2) is 54.2 Å². The summed E-state index contributed by atoms with van der Waals surface area (Å²) in [7, 11) is 0. The van der Waals surface area contributed by atoms with Gasteiger partial charge in [0.05, 0.1) is 18.3 Å². The molecule has 0 aromatic rings. The molecule has 0 spiro atoms. The average molecular weight is 243 g/mol. The summed E-state index contributed by atoms with van der Waals surface area (Å²) in [6.45, 7) is 10.3. The van der Waals surface area contributed by atoms with E-state index in [2.05, 4.69) is 4.90 Å². The van der Waals surface area contributed by atoms with E-state index in [9.17, 15) is 9.90 Å². The fourth-order valence-electron chi connectivity index (χ4n) is 2.38. The predicted molar refractivity (Wildman–Crippen MR) is 66.9 cm³/mol. The minimum atomic E-state index is -0.298. The molecule has 4 nitrogen and oxygen atoms in total. The number of aldehydes is 1. The van der Waals surface area contributed by atoms with E-state index in [4.69, 9.17) is 4.74 Å². The molecule has 0 bridgehead atoms. The summed E-state index contributed by atoms with van der Waals surface area (Å²) in [6.07, 6.45) is 1.73. The molecule has 1 aliphatic heterocycles. The maximum Gasteiger partial charge on any atom is 0.127 e. The van der Waals surface area contributed by atoms with Crippen molar-refractivity contribution < 1.29 is 14.6 Å². The number of aliphatic hydroxyl groups excluding tert-OH is 1. The van der Waals surface area contributed by atoms with E-state index in [1.54, 1.807) is 0 Å². The number of hydrogen-bond acceptors (Lipinski definition) is 4. The van der Waals surface area contributed by atoms with Crippen LogP contribution in [0.5, 0.6) is 0 Å². The highest BCUT2D eigenvalue weighted by atomic mass is 16.5. The van der Waals surface area contributed by atoms with Gasteiger partial charge in [-0.05, 0) is 20.3 Å². The molecule has 1 heterocycles. The first kappa shape index (κ1) is 14.6. The number of carbonyl (C=O) groups is 1. The third kappa shape index (κ3) is 4.05. The summed E-state index contributed by atoms with van der Waals surface area (Å²) in [5.74, 6) is 0. The van der Waals surface area contributed by atoms with Gasteiger partial charge < -0.3 is 14.6 Å². The van der Waals surface area contributed by atoms with Crippen molar-refractivity contribution in [2.45, 2.75) is 45.8 Å². The number of nitrogens with zero attached hydrogens (tertiary/aromatic N) is 1. The zero-order valence-corrected chi connectivity index (χ0v) is 11.4. The van der Waals surface area contributed by atoms with Crippen LogP contribution in [0.1, 0.15) is 34.1 Å². The number of morpholine rings is 1. The molecule has 0 aliphatic carbocycles. The van der Waals surface area contributed by atoms with Crippen LogP contribution in [0.2, 0.25) is 0 Å². The van der Waals surface area contributed by atoms with Crippen molar-refractivity contribution in [1.82, 2.24) is 4.90 Å². The molecule has 1 rings (SSSR count). The minimum absolute atomic E-state index is 0.0316. The van der Waals surface area contributed by atoms with Crippen molar-refractivity contribution in [3.05, 3.63) is 0 Å². The zero-order chi connectivity index (χ0) is 13.1. The maximum atomic E-state index is 11.1. The third-order valence-corrected chi connectivity index (χ3v) is 3.43. The second-order valence-corrected chi connectivity index (χ2v) is 5.98. The topological polar surface area (TPSA) is 49.8 Å². The number of rotatable bonds is 5. The van der Waals surface area contributed by atoms with Crippen molar-refractivity contribution in [3.8, 4) is 0 Å². The van der Waals surface area contributed by atoms with Gasteiger partial charge in [-0.3, -0.25) is 4.90 Å². The lowest BCUT2D eigenvalue weighted by Crippen LogP contribution is -2.55. The summed E-state index contributed by atoms with van der Waals surface area (Å²) in [6, 6.07) is 0. The standard InChI is InChI=1S/C13H25NO3/c1-5-13(4,10-16)9-14-6-11(7-15)17-12(2,3)8-14/h10-11,15H,5-9H2,1-4H3. The first-order valence-electron chi connectivity index (χ1n) is 6.31. The maximum absolute atomic E-state index is 11.1. The molecule has 4 heteroatoms. The van der Waals surface area contributed by atoms with Crippen LogP contribution >= 0.6 is 0 Å². The van der Waals surface area contributed by atoms with Crippen LogP contribution in [0.3, 0.4) is 0 Å². The molecular weight excluding hydrogens is 218 g/mol. The highest BCUT2D eigenvalue weighted by molar-refractivity contribution is 5.58. The third-order valence-electron chi connectivity index (χ3n) is 3.43. The van der Waals surface area contributed by atoms with Crippen molar-refractivity contribution in [3.63, 3.8) is 0 Å². The molecule has 1 saturated heterocycles. The van der Waals surface area contributed by atoms with Crippen LogP contribution < -0.4 is 0 Å². The fraction of sp³-hybridized carbons (Fsp3) is 0.923. The van der Waals surface area contributed by atoms with Gasteiger partial charge in [0.25, 0.3) is 0 Å². The van der Waals surface area contributed by atoms with Crippen molar-refractivity contribution in [1.29, 1.82) is 0 Å². The largest absolute Gasteiger partial charge is 0.394 e. The Balaban J connectivity index is 2.67. The Hall–Kier alpha value is -0.450. The molecule has 2 atom stereocenters. The molecule has 0 aromatic heterocycles. The summed E-state index contributed by atoms with van der Waals surface area (Å²) in [5.41, 5.74) is -0.559. The Kier molecular flexibility index (Phi) is 4.69. The minimum Gasteiger partial charge on any atom is -0.394 e. The van der Waals surface area contributed by atoms with E-state index in [0.29, 0.717) is 6.54 Å². The Bertz CT molecular complexity index is 267. The zero-order valence-electron chi connectivity index (χ0n) is 11.4. The molecule has 17 heavy (non-hydrogen) atoms. The van der Waals surface area contributed by atoms with E-state index in [1.165, 1.54) is 0 Å². The first-order chi connectivity index (χ1) is 7.84. The quantitative estimate of drug-likeness (QED) is 0.734. The highest BCUT2D eigenvalue weighted by Crippen LogP contribution is 2.26. The van der Waals surface area contributed by atoms with Gasteiger partial charge in [0, 0.05) is 25.0 Å². The van der Waals surface area contributed by atoms with E-state index < -0.39 is 0 Å². The van der Waals surface area contributed by atoms with Crippen molar-refractivity contribution in [2.75, 3.05) is 26.2 Å². The van der Waals surface area contributed by atoms with Crippen LogP contribution in [0.4, 0.5) is 0 Å². The monoisotopic (exact) mass is 243 g/mol. The fourth-order valence-corrected chi connectivity index (χ4v) is 2.38. The number of aliphatic hydroxyl groups is 1. The van der Waals surface area contributed by atoms with Crippen LogP contribution in [0.25, 0.3) is 0 Å². The Labute approximate surface area is 104 Å². The molecule has 0 amide bonds. The molecule has 100 valence electrons. The summed E-state index contributed by atoms with van der Waals surface area (Å²) >= 11 is 0. The molecule has 2 unspecified atom stereocenters. The van der Waals surface area contributed by atoms with Crippen molar-refractivity contribution in [2.24, 2.45) is 5.41 Å². The van der Waals surface area contributed by atoms with Crippen LogP contribution in [0.15, 0.2) is 0 Å². The Morgan fingerprint density at radius 3 is 2.71 bits per heavy atom. The van der Waals surface area contributed by atoms with Crippen LogP contribution in [0, 0.1) is 5.41 Å². The molecule has 0 aromatic carbocycles. The van der Waals surface area contributed by atoms with E-state index >= 15 is 0 Å². The van der Waals surface area contributed by atoms with Gasteiger partial charge in [0.15, 0.2) is 0 Å². The molecule has 0 saturated carbocycles. The first-order valence-corrected chi connectivity index (χ1v) is 6.31. The van der Waals surface area contributed by atoms with Gasteiger partial charge in [0.1, 0.15) is 6.29 Å². The summed E-state index contributed by atoms with van der Waals surface area (Å²) in [4.78, 5) is 13.4. The average Bonchev–Trinajstić information content (AvgIpc) is 2.26. The van der Waals surface area contributed by atoms with E-state index in [-0.39, 0.29) is 23.7 Å². The van der Waals surface area contributed by atoms with Gasteiger partial charge in [-0.15, -0.1) is 0 Å². The van der Waals surface area contributed by atoms with Crippen molar-refractivity contribution >= 4 is 6.29 Å². The SMILES string of the molecule is CCC(C)(C=O)CN1CC(CO)OC(C)(C)C1. The molecule has 1 N–H and O–H groups in total. The summed E-state index contributed by atoms with van der Waals surface area (Å²) in [5, 5.41) is 9.23. The molecule has 1 aliphatic rings. The molecular formula is C13H25NO3. The molecule has 0 radical (unpaired) electrons. The van der Waals surface area contributed by atoms with Gasteiger partial charge in [0.2, 0.25) is 0 Å². The lowest BCUT2D eigenvalue weighted by Gasteiger charge is -2.44. The second-order valence-electron chi connectivity index (χ2n) is 5.98. The van der Waals surface area contributed by atoms with E-state index in [1.807, 2.05) is 27.7 Å². The number of hydrogen-bond donors (Lipinski definition) is 1.